The maximum absolute atomic E-state index is 14.2. The normalized spacial score (nSPS) is 27.5. The van der Waals surface area contributed by atoms with Crippen LogP contribution in [-0.4, -0.2) is 28.7 Å². The van der Waals surface area contributed by atoms with Crippen LogP contribution in [0.2, 0.25) is 5.02 Å². The van der Waals surface area contributed by atoms with E-state index in [1.54, 1.807) is 72.8 Å². The number of anilines is 2. The molecule has 7 nitrogen and oxygen atoms in total. The van der Waals surface area contributed by atoms with E-state index in [2.05, 4.69) is 13.2 Å². The quantitative estimate of drug-likeness (QED) is 0.269. The zero-order chi connectivity index (χ0) is 30.9. The molecule has 1 saturated carbocycles. The van der Waals surface area contributed by atoms with Gasteiger partial charge in [0.1, 0.15) is 5.75 Å². The number of phenols is 1. The van der Waals surface area contributed by atoms with Crippen molar-refractivity contribution in [3.05, 3.63) is 113 Å². The monoisotopic (exact) mass is 604 g/mol. The van der Waals surface area contributed by atoms with Crippen molar-refractivity contribution in [1.82, 2.24) is 0 Å². The summed E-state index contributed by atoms with van der Waals surface area (Å²) in [6, 6.07) is 18.7. The van der Waals surface area contributed by atoms with Gasteiger partial charge in [0.15, 0.2) is 0 Å². The highest BCUT2D eigenvalue weighted by Crippen LogP contribution is 2.59. The second-order valence-electron chi connectivity index (χ2n) is 11.8. The molecule has 3 aromatic carbocycles. The number of nitrogens with zero attached hydrogens (tertiary/aromatic N) is 2. The van der Waals surface area contributed by atoms with Gasteiger partial charge in [0.2, 0.25) is 23.6 Å². The van der Waals surface area contributed by atoms with E-state index in [0.717, 1.165) is 16.7 Å². The number of rotatable bonds is 5. The predicted molar refractivity (Wildman–Crippen MR) is 169 cm³/mol. The summed E-state index contributed by atoms with van der Waals surface area (Å²) in [6.45, 7) is 7.54. The van der Waals surface area contributed by atoms with E-state index in [4.69, 9.17) is 11.6 Å². The Morgan fingerprint density at radius 3 is 1.82 bits per heavy atom. The topological polar surface area (TPSA) is 95.0 Å². The number of halogens is 1. The van der Waals surface area contributed by atoms with Gasteiger partial charge in [0.05, 0.1) is 35.0 Å². The van der Waals surface area contributed by atoms with Crippen molar-refractivity contribution in [2.24, 2.45) is 29.6 Å². The molecule has 4 amide bonds. The summed E-state index contributed by atoms with van der Waals surface area (Å²) in [5.41, 5.74) is 3.87. The zero-order valence-corrected chi connectivity index (χ0v) is 24.5. The number of hydrogen-bond donors (Lipinski definition) is 1. The molecule has 8 heteroatoms. The standard InChI is InChI=1S/C36H29ClN2O5/c1-3-19-5-10-22(11-6-19)38-33(41)25-15-14-24-26(31(25)35(38)43)18-28-32(30(24)27-17-21(37)9-16-29(27)40)36(44)39(34(28)42)23-12-7-20(4-2)8-13-23/h3-14,16-17,25-26,28,30-32,40H,1-2,15,18H2. The Morgan fingerprint density at radius 1 is 0.705 bits per heavy atom. The molecule has 7 rings (SSSR count). The molecule has 44 heavy (non-hydrogen) atoms. The summed E-state index contributed by atoms with van der Waals surface area (Å²) in [4.78, 5) is 58.6. The van der Waals surface area contributed by atoms with Crippen molar-refractivity contribution in [2.75, 3.05) is 9.80 Å². The molecule has 0 aromatic heterocycles. The van der Waals surface area contributed by atoms with Crippen LogP contribution < -0.4 is 9.80 Å². The van der Waals surface area contributed by atoms with E-state index in [-0.39, 0.29) is 35.8 Å². The fraction of sp³-hybridized carbons (Fsp3) is 0.222. The summed E-state index contributed by atoms with van der Waals surface area (Å²) in [5.74, 6) is -5.38. The van der Waals surface area contributed by atoms with Crippen molar-refractivity contribution in [3.8, 4) is 5.75 Å². The maximum Gasteiger partial charge on any atom is 0.238 e. The molecular weight excluding hydrogens is 576 g/mol. The highest BCUT2D eigenvalue weighted by Gasteiger charge is 2.62. The SMILES string of the molecule is C=Cc1ccc(N2C(=O)C3CC=C4C(CC5C(=O)N(c6ccc(C=C)cc6)C(=O)C5C4c4cc(Cl)ccc4O)C3C2=O)cc1. The second-order valence-corrected chi connectivity index (χ2v) is 12.3. The first-order chi connectivity index (χ1) is 21.2. The summed E-state index contributed by atoms with van der Waals surface area (Å²) in [7, 11) is 0. The molecule has 2 heterocycles. The van der Waals surface area contributed by atoms with Crippen LogP contribution in [0.25, 0.3) is 12.2 Å². The van der Waals surface area contributed by atoms with Crippen LogP contribution in [0.1, 0.15) is 35.4 Å². The average Bonchev–Trinajstić information content (AvgIpc) is 3.45. The maximum atomic E-state index is 14.2. The van der Waals surface area contributed by atoms with Gasteiger partial charge in [-0.1, -0.05) is 72.8 Å². The van der Waals surface area contributed by atoms with E-state index < -0.39 is 35.5 Å². The van der Waals surface area contributed by atoms with Gasteiger partial charge in [0, 0.05) is 16.5 Å². The van der Waals surface area contributed by atoms with Gasteiger partial charge in [0.25, 0.3) is 0 Å². The van der Waals surface area contributed by atoms with Crippen molar-refractivity contribution >= 4 is 58.8 Å². The lowest BCUT2D eigenvalue weighted by Crippen LogP contribution is -2.43. The number of hydrogen-bond acceptors (Lipinski definition) is 5. The van der Waals surface area contributed by atoms with E-state index in [9.17, 15) is 24.3 Å². The largest absolute Gasteiger partial charge is 0.508 e. The number of aromatic hydroxyl groups is 1. The molecule has 220 valence electrons. The van der Waals surface area contributed by atoms with Crippen molar-refractivity contribution in [2.45, 2.75) is 18.8 Å². The summed E-state index contributed by atoms with van der Waals surface area (Å²) in [6.07, 6.45) is 5.87. The van der Waals surface area contributed by atoms with Crippen molar-refractivity contribution in [1.29, 1.82) is 0 Å². The van der Waals surface area contributed by atoms with Crippen LogP contribution in [0, 0.1) is 29.6 Å². The third kappa shape index (κ3) is 4.10. The molecule has 2 aliphatic carbocycles. The van der Waals surface area contributed by atoms with Crippen molar-refractivity contribution in [3.63, 3.8) is 0 Å². The summed E-state index contributed by atoms with van der Waals surface area (Å²) in [5, 5.41) is 11.4. The molecule has 3 fully saturated rings. The number of allylic oxidation sites excluding steroid dienone is 2. The number of benzene rings is 3. The Labute approximate surface area is 259 Å². The molecule has 4 aliphatic rings. The van der Waals surface area contributed by atoms with Crippen molar-refractivity contribution < 1.29 is 24.3 Å². The zero-order valence-electron chi connectivity index (χ0n) is 23.7. The third-order valence-corrected chi connectivity index (χ3v) is 9.98. The smallest absolute Gasteiger partial charge is 0.238 e. The van der Waals surface area contributed by atoms with Gasteiger partial charge in [-0.3, -0.25) is 29.0 Å². The predicted octanol–water partition coefficient (Wildman–Crippen LogP) is 6.38. The minimum absolute atomic E-state index is 0.0476. The molecule has 0 spiro atoms. The Balaban J connectivity index is 1.33. The first-order valence-corrected chi connectivity index (χ1v) is 15.0. The molecule has 6 unspecified atom stereocenters. The molecule has 1 N–H and O–H groups in total. The lowest BCUT2D eigenvalue weighted by Gasteiger charge is -2.44. The van der Waals surface area contributed by atoms with Gasteiger partial charge >= 0.3 is 0 Å². The van der Waals surface area contributed by atoms with Crippen LogP contribution >= 0.6 is 11.6 Å². The summed E-state index contributed by atoms with van der Waals surface area (Å²) < 4.78 is 0. The minimum atomic E-state index is -0.806. The van der Waals surface area contributed by atoms with Gasteiger partial charge in [-0.2, -0.15) is 0 Å². The molecule has 0 radical (unpaired) electrons. The number of amides is 4. The minimum Gasteiger partial charge on any atom is -0.508 e. The summed E-state index contributed by atoms with van der Waals surface area (Å²) >= 11 is 6.40. The van der Waals surface area contributed by atoms with Gasteiger partial charge in [-0.25, -0.2) is 0 Å². The third-order valence-electron chi connectivity index (χ3n) is 9.75. The van der Waals surface area contributed by atoms with Crippen LogP contribution in [0.3, 0.4) is 0 Å². The Hall–Kier alpha value is -4.75. The lowest BCUT2D eigenvalue weighted by molar-refractivity contribution is -0.126. The number of carbonyl (C=O) groups is 4. The van der Waals surface area contributed by atoms with Gasteiger partial charge < -0.3 is 5.11 Å². The number of phenolic OH excluding ortho intramolecular Hbond substituents is 1. The Kier molecular flexibility index (Phi) is 6.66. The molecule has 2 saturated heterocycles. The average molecular weight is 605 g/mol. The first-order valence-electron chi connectivity index (χ1n) is 14.6. The van der Waals surface area contributed by atoms with E-state index >= 15 is 0 Å². The highest BCUT2D eigenvalue weighted by atomic mass is 35.5. The molecule has 6 atom stereocenters. The van der Waals surface area contributed by atoms with Crippen LogP contribution in [0.5, 0.6) is 5.75 Å². The number of fused-ring (bicyclic) bond motifs is 4. The van der Waals surface area contributed by atoms with Gasteiger partial charge in [-0.15, -0.1) is 0 Å². The van der Waals surface area contributed by atoms with Crippen LogP contribution in [-0.2, 0) is 19.2 Å². The fourth-order valence-corrected chi connectivity index (χ4v) is 7.92. The van der Waals surface area contributed by atoms with E-state index in [1.165, 1.54) is 15.9 Å². The van der Waals surface area contributed by atoms with Crippen LogP contribution in [0.15, 0.2) is 91.5 Å². The van der Waals surface area contributed by atoms with Gasteiger partial charge in [-0.05, 0) is 72.4 Å². The fourth-order valence-electron chi connectivity index (χ4n) is 7.74. The molecule has 3 aromatic rings. The number of carbonyl (C=O) groups excluding carboxylic acids is 4. The second kappa shape index (κ2) is 10.5. The highest BCUT2D eigenvalue weighted by molar-refractivity contribution is 6.30. The van der Waals surface area contributed by atoms with E-state index in [1.807, 2.05) is 6.08 Å². The Morgan fingerprint density at radius 2 is 1.25 bits per heavy atom. The van der Waals surface area contributed by atoms with E-state index in [0.29, 0.717) is 28.4 Å². The van der Waals surface area contributed by atoms with Crippen LogP contribution in [0.4, 0.5) is 11.4 Å². The number of imide groups is 2. The molecule has 2 aliphatic heterocycles. The molecular formula is C36H29ClN2O5. The lowest BCUT2D eigenvalue weighted by atomic mass is 9.57. The first kappa shape index (κ1) is 28.0. The molecule has 0 bridgehead atoms. The Bertz CT molecular complexity index is 1790.